The van der Waals surface area contributed by atoms with Gasteiger partial charge in [-0.3, -0.25) is 5.32 Å². The van der Waals surface area contributed by atoms with Crippen LogP contribution in [0.4, 0.5) is 4.39 Å². The maximum absolute atomic E-state index is 13.4. The van der Waals surface area contributed by atoms with E-state index in [1.54, 1.807) is 24.3 Å². The number of benzene rings is 2. The number of aromatic carboxylic acids is 1. The molecule has 0 heterocycles. The lowest BCUT2D eigenvalue weighted by Gasteiger charge is -2.13. The van der Waals surface area contributed by atoms with Crippen molar-refractivity contribution in [2.24, 2.45) is 0 Å². The Hall–Kier alpha value is -2.84. The molecule has 0 aliphatic rings. The molecule has 124 valence electrons. The van der Waals surface area contributed by atoms with Gasteiger partial charge in [0.15, 0.2) is 11.6 Å². The van der Waals surface area contributed by atoms with Crippen LogP contribution in [0.25, 0.3) is 0 Å². The number of carboxylic acids is 1. The van der Waals surface area contributed by atoms with Crippen molar-refractivity contribution in [3.63, 3.8) is 0 Å². The smallest absolute Gasteiger partial charge is 0.335 e. The van der Waals surface area contributed by atoms with Gasteiger partial charge in [-0.05, 0) is 48.9 Å². The predicted octanol–water partition coefficient (Wildman–Crippen LogP) is 3.23. The van der Waals surface area contributed by atoms with Crippen LogP contribution in [0.1, 0.15) is 34.5 Å². The summed E-state index contributed by atoms with van der Waals surface area (Å²) < 4.78 is 18.4. The summed E-state index contributed by atoms with van der Waals surface area (Å²) in [7, 11) is 1.43. The average Bonchev–Trinajstić information content (AvgIpc) is 2.59. The lowest BCUT2D eigenvalue weighted by Crippen LogP contribution is -2.18. The van der Waals surface area contributed by atoms with Crippen molar-refractivity contribution >= 4 is 5.97 Å². The number of methoxy groups -OCH3 is 1. The first-order chi connectivity index (χ1) is 11.5. The van der Waals surface area contributed by atoms with Crippen LogP contribution in [0.3, 0.4) is 0 Å². The van der Waals surface area contributed by atoms with Gasteiger partial charge < -0.3 is 9.84 Å². The summed E-state index contributed by atoms with van der Waals surface area (Å²) in [6.45, 7) is 2.40. The van der Waals surface area contributed by atoms with Crippen molar-refractivity contribution in [2.45, 2.75) is 13.0 Å². The zero-order chi connectivity index (χ0) is 17.5. The summed E-state index contributed by atoms with van der Waals surface area (Å²) >= 11 is 0. The third kappa shape index (κ3) is 4.58. The minimum Gasteiger partial charge on any atom is -0.494 e. The van der Waals surface area contributed by atoms with Crippen LogP contribution in [0.2, 0.25) is 0 Å². The predicted molar refractivity (Wildman–Crippen MR) is 89.6 cm³/mol. The van der Waals surface area contributed by atoms with Crippen LogP contribution < -0.4 is 10.1 Å². The summed E-state index contributed by atoms with van der Waals surface area (Å²) in [4.78, 5) is 10.8. The molecule has 2 N–H and O–H groups in total. The van der Waals surface area contributed by atoms with Gasteiger partial charge in [-0.2, -0.15) is 0 Å². The van der Waals surface area contributed by atoms with Crippen molar-refractivity contribution < 1.29 is 19.0 Å². The molecule has 0 aromatic heterocycles. The first kappa shape index (κ1) is 17.5. The normalized spacial score (nSPS) is 11.3. The van der Waals surface area contributed by atoms with Gasteiger partial charge in [-0.15, -0.1) is 0 Å². The van der Waals surface area contributed by atoms with Crippen LogP contribution in [0, 0.1) is 17.7 Å². The van der Waals surface area contributed by atoms with E-state index in [1.807, 2.05) is 6.92 Å². The van der Waals surface area contributed by atoms with E-state index in [4.69, 9.17) is 9.84 Å². The highest BCUT2D eigenvalue weighted by molar-refractivity contribution is 5.87. The Kier molecular flexibility index (Phi) is 5.94. The monoisotopic (exact) mass is 327 g/mol. The van der Waals surface area contributed by atoms with Crippen LogP contribution in [-0.2, 0) is 0 Å². The van der Waals surface area contributed by atoms with E-state index in [0.29, 0.717) is 6.54 Å². The molecule has 0 saturated carbocycles. The molecular formula is C19H18FNO3. The molecular weight excluding hydrogens is 309 g/mol. The molecule has 2 aromatic rings. The molecule has 0 saturated heterocycles. The van der Waals surface area contributed by atoms with E-state index in [0.717, 1.165) is 11.1 Å². The molecule has 0 spiro atoms. The molecule has 0 radical (unpaired) electrons. The van der Waals surface area contributed by atoms with Gasteiger partial charge >= 0.3 is 5.97 Å². The van der Waals surface area contributed by atoms with Crippen LogP contribution in [-0.4, -0.2) is 24.7 Å². The third-order valence-corrected chi connectivity index (χ3v) is 3.54. The van der Waals surface area contributed by atoms with E-state index in [-0.39, 0.29) is 17.4 Å². The lowest BCUT2D eigenvalue weighted by atomic mass is 10.1. The summed E-state index contributed by atoms with van der Waals surface area (Å²) in [5.41, 5.74) is 1.89. The molecule has 0 aliphatic carbocycles. The SMILES string of the molecule is COc1cc(C(C)NCC#Cc2ccc(C(=O)O)cc2)ccc1F. The summed E-state index contributed by atoms with van der Waals surface area (Å²) in [5, 5.41) is 12.1. The largest absolute Gasteiger partial charge is 0.494 e. The molecule has 4 nitrogen and oxygen atoms in total. The zero-order valence-electron chi connectivity index (χ0n) is 13.5. The van der Waals surface area contributed by atoms with Crippen LogP contribution in [0.5, 0.6) is 5.75 Å². The topological polar surface area (TPSA) is 58.6 Å². The number of carboxylic acid groups (broad SMARTS) is 1. The third-order valence-electron chi connectivity index (χ3n) is 3.54. The van der Waals surface area contributed by atoms with Crippen molar-refractivity contribution in [3.05, 3.63) is 65.0 Å². The number of carbonyl (C=O) groups is 1. The van der Waals surface area contributed by atoms with E-state index >= 15 is 0 Å². The number of hydrogen-bond donors (Lipinski definition) is 2. The second kappa shape index (κ2) is 8.14. The van der Waals surface area contributed by atoms with Crippen molar-refractivity contribution in [1.82, 2.24) is 5.32 Å². The molecule has 5 heteroatoms. The van der Waals surface area contributed by atoms with Gasteiger partial charge in [-0.25, -0.2) is 9.18 Å². The molecule has 24 heavy (non-hydrogen) atoms. The second-order valence-electron chi connectivity index (χ2n) is 5.18. The highest BCUT2D eigenvalue weighted by Gasteiger charge is 2.08. The first-order valence-corrected chi connectivity index (χ1v) is 7.40. The number of rotatable bonds is 5. The molecule has 1 atom stereocenters. The average molecular weight is 327 g/mol. The summed E-state index contributed by atoms with van der Waals surface area (Å²) in [6.07, 6.45) is 0. The Bertz CT molecular complexity index is 775. The molecule has 1 unspecified atom stereocenters. The molecule has 2 rings (SSSR count). The second-order valence-corrected chi connectivity index (χ2v) is 5.18. The molecule has 0 amide bonds. The minimum absolute atomic E-state index is 0.0109. The molecule has 0 aliphatic heterocycles. The van der Waals surface area contributed by atoms with Crippen LogP contribution in [0.15, 0.2) is 42.5 Å². The van der Waals surface area contributed by atoms with Gasteiger partial charge in [0.25, 0.3) is 0 Å². The zero-order valence-corrected chi connectivity index (χ0v) is 13.5. The van der Waals surface area contributed by atoms with Gasteiger partial charge in [-0.1, -0.05) is 17.9 Å². The van der Waals surface area contributed by atoms with Gasteiger partial charge in [0.05, 0.1) is 19.2 Å². The quantitative estimate of drug-likeness (QED) is 0.828. The maximum Gasteiger partial charge on any atom is 0.335 e. The highest BCUT2D eigenvalue weighted by atomic mass is 19.1. The van der Waals surface area contributed by atoms with E-state index in [9.17, 15) is 9.18 Å². The Balaban J connectivity index is 1.93. The maximum atomic E-state index is 13.4. The van der Waals surface area contributed by atoms with Gasteiger partial charge in [0.1, 0.15) is 0 Å². The van der Waals surface area contributed by atoms with E-state index in [2.05, 4.69) is 17.2 Å². The molecule has 0 fully saturated rings. The Labute approximate surface area is 140 Å². The van der Waals surface area contributed by atoms with Crippen molar-refractivity contribution in [1.29, 1.82) is 0 Å². The highest BCUT2D eigenvalue weighted by Crippen LogP contribution is 2.22. The van der Waals surface area contributed by atoms with Gasteiger partial charge in [0, 0.05) is 11.6 Å². The number of hydrogen-bond acceptors (Lipinski definition) is 3. The minimum atomic E-state index is -0.959. The standard InChI is InChI=1S/C19H18FNO3/c1-13(16-9-10-17(20)18(12-16)24-2)21-11-3-4-14-5-7-15(8-6-14)19(22)23/h5-10,12-13,21H,11H2,1-2H3,(H,22,23). The Morgan fingerprint density at radius 3 is 2.62 bits per heavy atom. The first-order valence-electron chi connectivity index (χ1n) is 7.40. The van der Waals surface area contributed by atoms with Crippen LogP contribution >= 0.6 is 0 Å². The van der Waals surface area contributed by atoms with E-state index in [1.165, 1.54) is 25.3 Å². The van der Waals surface area contributed by atoms with Crippen molar-refractivity contribution in [2.75, 3.05) is 13.7 Å². The summed E-state index contributed by atoms with van der Waals surface area (Å²) in [5.74, 6) is 4.80. The lowest BCUT2D eigenvalue weighted by molar-refractivity contribution is 0.0697. The number of nitrogens with one attached hydrogen (secondary N) is 1. The number of halogens is 1. The van der Waals surface area contributed by atoms with E-state index < -0.39 is 11.8 Å². The summed E-state index contributed by atoms with van der Waals surface area (Å²) in [6, 6.07) is 11.1. The molecule has 2 aromatic carbocycles. The number of ether oxygens (including phenoxy) is 1. The fraction of sp³-hybridized carbons (Fsp3) is 0.211. The van der Waals surface area contributed by atoms with Gasteiger partial charge in [0.2, 0.25) is 0 Å². The van der Waals surface area contributed by atoms with Crippen molar-refractivity contribution in [3.8, 4) is 17.6 Å². The molecule has 0 bridgehead atoms. The fourth-order valence-corrected chi connectivity index (χ4v) is 2.11. The fourth-order valence-electron chi connectivity index (χ4n) is 2.11. The Morgan fingerprint density at radius 2 is 2.00 bits per heavy atom. The Morgan fingerprint density at radius 1 is 1.29 bits per heavy atom.